The average molecular weight is 525 g/mol. The molecule has 0 aliphatic rings. The molecule has 192 valence electrons. The number of primary amides is 1. The van der Waals surface area contributed by atoms with Crippen molar-refractivity contribution < 1.29 is 35.5 Å². The van der Waals surface area contributed by atoms with Gasteiger partial charge in [0.1, 0.15) is 11.9 Å². The Morgan fingerprint density at radius 1 is 0.972 bits per heavy atom. The normalized spacial score (nSPS) is 13.7. The van der Waals surface area contributed by atoms with Crippen molar-refractivity contribution >= 4 is 16.1 Å². The maximum absolute atomic E-state index is 14.4. The Bertz CT molecular complexity index is 1280. The molecule has 2 atom stereocenters. The highest BCUT2D eigenvalue weighted by atomic mass is 32.2. The summed E-state index contributed by atoms with van der Waals surface area (Å²) < 4.78 is 86.6. The van der Waals surface area contributed by atoms with Crippen molar-refractivity contribution in [3.05, 3.63) is 107 Å². The summed E-state index contributed by atoms with van der Waals surface area (Å²) >= 11 is 0. The number of nitrogens with two attached hydrogens (primary N) is 1. The number of carbonyl (C=O) groups excluding carboxylic acids is 1. The maximum Gasteiger partial charge on any atom is 0.416 e. The Morgan fingerprint density at radius 2 is 1.64 bits per heavy atom. The highest BCUT2D eigenvalue weighted by Gasteiger charge is 2.31. The second-order valence-corrected chi connectivity index (χ2v) is 9.94. The summed E-state index contributed by atoms with van der Waals surface area (Å²) in [6, 6.07) is 18.3. The largest absolute Gasteiger partial charge is 0.441 e. The summed E-state index contributed by atoms with van der Waals surface area (Å²) in [5.41, 5.74) is 5.00. The van der Waals surface area contributed by atoms with Gasteiger partial charge in [0.25, 0.3) is 0 Å². The first-order valence-corrected chi connectivity index (χ1v) is 12.5. The summed E-state index contributed by atoms with van der Waals surface area (Å²) in [7, 11) is -4.12. The first kappa shape index (κ1) is 27.2. The van der Waals surface area contributed by atoms with Gasteiger partial charge < -0.3 is 10.5 Å². The van der Waals surface area contributed by atoms with E-state index in [1.54, 1.807) is 36.4 Å². The molecule has 0 aliphatic carbocycles. The van der Waals surface area contributed by atoms with Gasteiger partial charge in [0.2, 0.25) is 10.0 Å². The lowest BCUT2D eigenvalue weighted by Gasteiger charge is -2.27. The second-order valence-electron chi connectivity index (χ2n) is 8.13. The third-order valence-electron chi connectivity index (χ3n) is 5.42. The third kappa shape index (κ3) is 7.79. The van der Waals surface area contributed by atoms with E-state index in [4.69, 9.17) is 10.5 Å². The van der Waals surface area contributed by atoms with E-state index in [-0.39, 0.29) is 24.1 Å². The Labute approximate surface area is 206 Å². The second kappa shape index (κ2) is 11.5. The van der Waals surface area contributed by atoms with Crippen LogP contribution in [0.1, 0.15) is 28.4 Å². The number of amides is 1. The number of carbonyl (C=O) groups is 1. The zero-order valence-electron chi connectivity index (χ0n) is 18.9. The molecule has 0 heterocycles. The van der Waals surface area contributed by atoms with Gasteiger partial charge in [-0.3, -0.25) is 0 Å². The fourth-order valence-corrected chi connectivity index (χ4v) is 4.97. The summed E-state index contributed by atoms with van der Waals surface area (Å²) in [5, 5.41) is 0. The number of rotatable bonds is 10. The fraction of sp³-hybridized carbons (Fsp3) is 0.240. The fourth-order valence-electron chi connectivity index (χ4n) is 3.78. The predicted octanol–water partition coefficient (Wildman–Crippen LogP) is 4.96. The quantitative estimate of drug-likeness (QED) is 0.367. The van der Waals surface area contributed by atoms with Crippen molar-refractivity contribution in [1.29, 1.82) is 0 Å². The van der Waals surface area contributed by atoms with E-state index in [1.165, 1.54) is 24.3 Å². The van der Waals surface area contributed by atoms with Crippen molar-refractivity contribution in [3.63, 3.8) is 0 Å². The van der Waals surface area contributed by atoms with E-state index < -0.39 is 51.4 Å². The molecule has 3 N–H and O–H groups in total. The monoisotopic (exact) mass is 524 g/mol. The van der Waals surface area contributed by atoms with E-state index in [9.17, 15) is 30.8 Å². The molecule has 3 aromatic rings. The molecule has 3 rings (SSSR count). The standard InChI is InChI=1S/C25H24F4N2O4S/c26-22-12-5-4-10-19(22)14-20(23(35-24(30)32)18-8-2-1-3-9-18)15-31-36(33,34)16-17-7-6-11-21(13-17)25(27,28)29/h1-13,20,23,31H,14-16H2,(H2,30,32). The zero-order chi connectivity index (χ0) is 26.3. The van der Waals surface area contributed by atoms with E-state index in [2.05, 4.69) is 4.72 Å². The molecule has 0 aromatic heterocycles. The van der Waals surface area contributed by atoms with Crippen LogP contribution in [0.5, 0.6) is 0 Å². The van der Waals surface area contributed by atoms with Crippen molar-refractivity contribution in [2.75, 3.05) is 6.54 Å². The molecule has 36 heavy (non-hydrogen) atoms. The summed E-state index contributed by atoms with van der Waals surface area (Å²) in [6.07, 6.45) is -6.77. The molecule has 0 saturated carbocycles. The van der Waals surface area contributed by atoms with E-state index in [1.807, 2.05) is 0 Å². The van der Waals surface area contributed by atoms with Gasteiger partial charge in [-0.05, 0) is 35.2 Å². The van der Waals surface area contributed by atoms with Crippen LogP contribution in [-0.4, -0.2) is 21.1 Å². The molecule has 0 aliphatic heterocycles. The Balaban J connectivity index is 1.86. The maximum atomic E-state index is 14.4. The van der Waals surface area contributed by atoms with Gasteiger partial charge in [-0.2, -0.15) is 13.2 Å². The minimum atomic E-state index is -4.62. The van der Waals surface area contributed by atoms with Crippen molar-refractivity contribution in [2.24, 2.45) is 11.7 Å². The highest BCUT2D eigenvalue weighted by molar-refractivity contribution is 7.88. The van der Waals surface area contributed by atoms with Gasteiger partial charge >= 0.3 is 12.3 Å². The Morgan fingerprint density at radius 3 is 2.28 bits per heavy atom. The zero-order valence-corrected chi connectivity index (χ0v) is 19.7. The van der Waals surface area contributed by atoms with Gasteiger partial charge in [-0.15, -0.1) is 0 Å². The number of nitrogens with one attached hydrogen (secondary N) is 1. The lowest BCUT2D eigenvalue weighted by molar-refractivity contribution is -0.137. The predicted molar refractivity (Wildman–Crippen MR) is 126 cm³/mol. The summed E-state index contributed by atoms with van der Waals surface area (Å²) in [4.78, 5) is 11.7. The lowest BCUT2D eigenvalue weighted by atomic mass is 9.89. The number of hydrogen-bond donors (Lipinski definition) is 2. The molecule has 0 spiro atoms. The Kier molecular flexibility index (Phi) is 8.70. The SMILES string of the molecule is NC(=O)OC(c1ccccc1)C(CNS(=O)(=O)Cc1cccc(C(F)(F)F)c1)Cc1ccccc1F. The van der Waals surface area contributed by atoms with E-state index in [0.29, 0.717) is 5.56 Å². The first-order valence-electron chi connectivity index (χ1n) is 10.8. The molecule has 0 saturated heterocycles. The van der Waals surface area contributed by atoms with Gasteiger partial charge in [0.05, 0.1) is 11.3 Å². The third-order valence-corrected chi connectivity index (χ3v) is 6.74. The van der Waals surface area contributed by atoms with Gasteiger partial charge in [0, 0.05) is 12.5 Å². The van der Waals surface area contributed by atoms with Crippen LogP contribution < -0.4 is 10.5 Å². The minimum absolute atomic E-state index is 0.0222. The molecule has 0 radical (unpaired) electrons. The first-order chi connectivity index (χ1) is 16.9. The van der Waals surface area contributed by atoms with Gasteiger partial charge in [-0.25, -0.2) is 22.3 Å². The van der Waals surface area contributed by atoms with Crippen LogP contribution >= 0.6 is 0 Å². The van der Waals surface area contributed by atoms with E-state index in [0.717, 1.165) is 18.2 Å². The lowest BCUT2D eigenvalue weighted by Crippen LogP contribution is -2.36. The van der Waals surface area contributed by atoms with Crippen LogP contribution in [0, 0.1) is 11.7 Å². The molecule has 3 aromatic carbocycles. The van der Waals surface area contributed by atoms with Crippen LogP contribution in [0.25, 0.3) is 0 Å². The van der Waals surface area contributed by atoms with Crippen LogP contribution in [0.15, 0.2) is 78.9 Å². The van der Waals surface area contributed by atoms with Crippen LogP contribution in [0.3, 0.4) is 0 Å². The minimum Gasteiger partial charge on any atom is -0.441 e. The molecule has 6 nitrogen and oxygen atoms in total. The average Bonchev–Trinajstić information content (AvgIpc) is 2.81. The topological polar surface area (TPSA) is 98.5 Å². The molecule has 2 unspecified atom stereocenters. The Hall–Kier alpha value is -3.44. The molecule has 0 fully saturated rings. The summed E-state index contributed by atoms with van der Waals surface area (Å²) in [5.74, 6) is -2.04. The van der Waals surface area contributed by atoms with Gasteiger partial charge in [-0.1, -0.05) is 66.7 Å². The molecule has 0 bridgehead atoms. The number of sulfonamides is 1. The number of ether oxygens (including phenoxy) is 1. The number of benzene rings is 3. The molecule has 11 heteroatoms. The summed E-state index contributed by atoms with van der Waals surface area (Å²) in [6.45, 7) is -0.303. The molecule has 1 amide bonds. The van der Waals surface area contributed by atoms with Crippen molar-refractivity contribution in [2.45, 2.75) is 24.5 Å². The smallest absolute Gasteiger partial charge is 0.416 e. The van der Waals surface area contributed by atoms with Crippen molar-refractivity contribution in [1.82, 2.24) is 4.72 Å². The van der Waals surface area contributed by atoms with Crippen molar-refractivity contribution in [3.8, 4) is 0 Å². The van der Waals surface area contributed by atoms with Gasteiger partial charge in [0.15, 0.2) is 0 Å². The molecular formula is C25H24F4N2O4S. The van der Waals surface area contributed by atoms with E-state index >= 15 is 0 Å². The molecular weight excluding hydrogens is 500 g/mol. The van der Waals surface area contributed by atoms with Crippen LogP contribution in [-0.2, 0) is 33.1 Å². The van der Waals surface area contributed by atoms with Crippen LogP contribution in [0.2, 0.25) is 0 Å². The number of alkyl halides is 3. The number of halogens is 4. The van der Waals surface area contributed by atoms with Crippen LogP contribution in [0.4, 0.5) is 22.4 Å². The number of hydrogen-bond acceptors (Lipinski definition) is 4. The highest BCUT2D eigenvalue weighted by Crippen LogP contribution is 2.31.